The molecule has 0 unspecified atom stereocenters. The Morgan fingerprint density at radius 1 is 0.926 bits per heavy atom. The van der Waals surface area contributed by atoms with Crippen molar-refractivity contribution in [2.24, 2.45) is 5.92 Å². The minimum Gasteiger partial charge on any atom is -0.482 e. The molecule has 2 aromatic rings. The molecule has 2 aromatic carbocycles. The van der Waals surface area contributed by atoms with Crippen LogP contribution in [0, 0.1) is 5.92 Å². The fourth-order valence-corrected chi connectivity index (χ4v) is 2.26. The molecule has 2 rings (SSSR count). The summed E-state index contributed by atoms with van der Waals surface area (Å²) in [7, 11) is 0. The van der Waals surface area contributed by atoms with E-state index in [9.17, 15) is 9.59 Å². The standard InChI is InChI=1S/C22H26O5/c1-15(2)13-26-22(24)18-6-5-7-20(12-18)27-21(23)14-25-19-10-8-17(9-11-19)16(3)4/h5-12,15-16H,13-14H2,1-4H3. The topological polar surface area (TPSA) is 61.8 Å². The summed E-state index contributed by atoms with van der Waals surface area (Å²) >= 11 is 0. The normalized spacial score (nSPS) is 10.7. The van der Waals surface area contributed by atoms with Gasteiger partial charge in [0.25, 0.3) is 0 Å². The summed E-state index contributed by atoms with van der Waals surface area (Å²) in [6.07, 6.45) is 0. The summed E-state index contributed by atoms with van der Waals surface area (Å²) in [4.78, 5) is 24.0. The molecular weight excluding hydrogens is 344 g/mol. The van der Waals surface area contributed by atoms with Gasteiger partial charge in [0.1, 0.15) is 11.5 Å². The number of benzene rings is 2. The van der Waals surface area contributed by atoms with Crippen LogP contribution in [-0.4, -0.2) is 25.2 Å². The highest BCUT2D eigenvalue weighted by Crippen LogP contribution is 2.19. The number of hydrogen-bond acceptors (Lipinski definition) is 5. The van der Waals surface area contributed by atoms with Gasteiger partial charge in [0.15, 0.2) is 6.61 Å². The van der Waals surface area contributed by atoms with E-state index in [0.717, 1.165) is 0 Å². The predicted octanol–water partition coefficient (Wildman–Crippen LogP) is 4.61. The van der Waals surface area contributed by atoms with Crippen molar-refractivity contribution in [3.63, 3.8) is 0 Å². The first kappa shape index (κ1) is 20.5. The molecule has 0 aliphatic heterocycles. The lowest BCUT2D eigenvalue weighted by atomic mass is 10.0. The Hall–Kier alpha value is -2.82. The maximum absolute atomic E-state index is 12.0. The van der Waals surface area contributed by atoms with Gasteiger partial charge in [-0.15, -0.1) is 0 Å². The zero-order chi connectivity index (χ0) is 19.8. The Balaban J connectivity index is 1.88. The molecule has 0 bridgehead atoms. The van der Waals surface area contributed by atoms with Crippen molar-refractivity contribution in [3.8, 4) is 11.5 Å². The highest BCUT2D eigenvalue weighted by Gasteiger charge is 2.12. The van der Waals surface area contributed by atoms with Crippen LogP contribution in [0.2, 0.25) is 0 Å². The molecule has 5 heteroatoms. The first-order chi connectivity index (χ1) is 12.8. The van der Waals surface area contributed by atoms with Gasteiger partial charge < -0.3 is 14.2 Å². The van der Waals surface area contributed by atoms with Crippen molar-refractivity contribution < 1.29 is 23.8 Å². The zero-order valence-electron chi connectivity index (χ0n) is 16.2. The summed E-state index contributed by atoms with van der Waals surface area (Å²) < 4.78 is 15.9. The number of hydrogen-bond donors (Lipinski definition) is 0. The van der Waals surface area contributed by atoms with Crippen LogP contribution in [0.25, 0.3) is 0 Å². The Morgan fingerprint density at radius 2 is 1.63 bits per heavy atom. The molecule has 5 nitrogen and oxygen atoms in total. The number of esters is 2. The second kappa shape index (κ2) is 9.76. The third kappa shape index (κ3) is 6.77. The third-order valence-electron chi connectivity index (χ3n) is 3.75. The lowest BCUT2D eigenvalue weighted by molar-refractivity contribution is -0.136. The molecule has 0 amide bonds. The molecule has 0 aliphatic rings. The highest BCUT2D eigenvalue weighted by molar-refractivity contribution is 5.90. The van der Waals surface area contributed by atoms with E-state index >= 15 is 0 Å². The van der Waals surface area contributed by atoms with Crippen LogP contribution in [0.15, 0.2) is 48.5 Å². The smallest absolute Gasteiger partial charge is 0.349 e. The van der Waals surface area contributed by atoms with E-state index in [0.29, 0.717) is 23.8 Å². The van der Waals surface area contributed by atoms with Crippen LogP contribution in [0.5, 0.6) is 11.5 Å². The van der Waals surface area contributed by atoms with Crippen LogP contribution >= 0.6 is 0 Å². The van der Waals surface area contributed by atoms with Gasteiger partial charge in [0.05, 0.1) is 12.2 Å². The molecule has 0 N–H and O–H groups in total. The van der Waals surface area contributed by atoms with Crippen molar-refractivity contribution >= 4 is 11.9 Å². The summed E-state index contributed by atoms with van der Waals surface area (Å²) in [6.45, 7) is 8.26. The zero-order valence-corrected chi connectivity index (χ0v) is 16.2. The molecule has 27 heavy (non-hydrogen) atoms. The largest absolute Gasteiger partial charge is 0.482 e. The monoisotopic (exact) mass is 370 g/mol. The molecule has 0 spiro atoms. The van der Waals surface area contributed by atoms with E-state index in [1.165, 1.54) is 11.6 Å². The fraction of sp³-hybridized carbons (Fsp3) is 0.364. The van der Waals surface area contributed by atoms with Crippen molar-refractivity contribution in [1.29, 1.82) is 0 Å². The van der Waals surface area contributed by atoms with Crippen LogP contribution in [0.1, 0.15) is 49.5 Å². The van der Waals surface area contributed by atoms with E-state index in [4.69, 9.17) is 14.2 Å². The minimum absolute atomic E-state index is 0.219. The molecule has 0 aromatic heterocycles. The van der Waals surface area contributed by atoms with Gasteiger partial charge in [-0.25, -0.2) is 9.59 Å². The predicted molar refractivity (Wildman–Crippen MR) is 103 cm³/mol. The summed E-state index contributed by atoms with van der Waals surface area (Å²) in [5, 5.41) is 0. The fourth-order valence-electron chi connectivity index (χ4n) is 2.26. The molecule has 144 valence electrons. The second-order valence-corrected chi connectivity index (χ2v) is 7.01. The molecule has 0 aliphatic carbocycles. The van der Waals surface area contributed by atoms with Crippen molar-refractivity contribution in [2.75, 3.05) is 13.2 Å². The third-order valence-corrected chi connectivity index (χ3v) is 3.75. The van der Waals surface area contributed by atoms with Gasteiger partial charge >= 0.3 is 11.9 Å². The van der Waals surface area contributed by atoms with Crippen LogP contribution < -0.4 is 9.47 Å². The second-order valence-electron chi connectivity index (χ2n) is 7.01. The Morgan fingerprint density at radius 3 is 2.26 bits per heavy atom. The van der Waals surface area contributed by atoms with Gasteiger partial charge in [-0.1, -0.05) is 45.9 Å². The lowest BCUT2D eigenvalue weighted by Gasteiger charge is -2.10. The number of carbonyl (C=O) groups is 2. The van der Waals surface area contributed by atoms with Crippen LogP contribution in [0.4, 0.5) is 0 Å². The van der Waals surface area contributed by atoms with E-state index in [-0.39, 0.29) is 18.3 Å². The number of carbonyl (C=O) groups excluding carboxylic acids is 2. The number of ether oxygens (including phenoxy) is 3. The summed E-state index contributed by atoms with van der Waals surface area (Å²) in [5.41, 5.74) is 1.54. The summed E-state index contributed by atoms with van der Waals surface area (Å²) in [6, 6.07) is 13.9. The van der Waals surface area contributed by atoms with Crippen molar-refractivity contribution in [1.82, 2.24) is 0 Å². The maximum Gasteiger partial charge on any atom is 0.349 e. The first-order valence-electron chi connectivity index (χ1n) is 9.05. The average molecular weight is 370 g/mol. The quantitative estimate of drug-likeness (QED) is 0.502. The van der Waals surface area contributed by atoms with Gasteiger partial charge in [-0.2, -0.15) is 0 Å². The molecule has 0 radical (unpaired) electrons. The highest BCUT2D eigenvalue weighted by atomic mass is 16.6. The Labute approximate surface area is 160 Å². The molecule has 0 saturated heterocycles. The Kier molecular flexibility index (Phi) is 7.41. The molecule has 0 heterocycles. The van der Waals surface area contributed by atoms with E-state index in [1.54, 1.807) is 18.2 Å². The van der Waals surface area contributed by atoms with Crippen LogP contribution in [0.3, 0.4) is 0 Å². The van der Waals surface area contributed by atoms with Gasteiger partial charge in [0.2, 0.25) is 0 Å². The minimum atomic E-state index is -0.546. The van der Waals surface area contributed by atoms with E-state index < -0.39 is 11.9 Å². The van der Waals surface area contributed by atoms with Crippen LogP contribution in [-0.2, 0) is 9.53 Å². The van der Waals surface area contributed by atoms with Gasteiger partial charge in [-0.05, 0) is 47.7 Å². The Bertz CT molecular complexity index is 763. The van der Waals surface area contributed by atoms with E-state index in [2.05, 4.69) is 13.8 Å². The van der Waals surface area contributed by atoms with Crippen molar-refractivity contribution in [3.05, 3.63) is 59.7 Å². The summed E-state index contributed by atoms with van der Waals surface area (Å²) in [5.74, 6) is 0.573. The van der Waals surface area contributed by atoms with E-state index in [1.807, 2.05) is 38.1 Å². The molecule has 0 fully saturated rings. The van der Waals surface area contributed by atoms with Gasteiger partial charge in [-0.3, -0.25) is 0 Å². The molecule has 0 atom stereocenters. The lowest BCUT2D eigenvalue weighted by Crippen LogP contribution is -2.18. The SMILES string of the molecule is CC(C)COC(=O)c1cccc(OC(=O)COc2ccc(C(C)C)cc2)c1. The number of rotatable bonds is 8. The molecule has 0 saturated carbocycles. The first-order valence-corrected chi connectivity index (χ1v) is 9.05. The van der Waals surface area contributed by atoms with Gasteiger partial charge in [0, 0.05) is 0 Å². The van der Waals surface area contributed by atoms with Crippen molar-refractivity contribution in [2.45, 2.75) is 33.6 Å². The average Bonchev–Trinajstić information content (AvgIpc) is 2.65. The maximum atomic E-state index is 12.0. The molecular formula is C22H26O5.